The largest absolute Gasteiger partial charge is 0.573 e. The zero-order chi connectivity index (χ0) is 30.9. The number of halogens is 4. The van der Waals surface area contributed by atoms with Crippen molar-refractivity contribution in [3.8, 4) is 5.75 Å². The van der Waals surface area contributed by atoms with Crippen molar-refractivity contribution in [2.75, 3.05) is 47.4 Å². The van der Waals surface area contributed by atoms with Gasteiger partial charge in [-0.2, -0.15) is 4.31 Å². The van der Waals surface area contributed by atoms with E-state index in [2.05, 4.69) is 15.0 Å². The Kier molecular flexibility index (Phi) is 12.2. The van der Waals surface area contributed by atoms with Gasteiger partial charge in [-0.05, 0) is 87.2 Å². The van der Waals surface area contributed by atoms with E-state index in [4.69, 9.17) is 4.74 Å². The number of nitrogens with one attached hydrogen (secondary N) is 1. The topological polar surface area (TPSA) is 88.2 Å². The minimum absolute atomic E-state index is 0.0382. The maximum Gasteiger partial charge on any atom is 0.573 e. The van der Waals surface area contributed by atoms with Crippen LogP contribution in [0.5, 0.6) is 5.75 Å². The predicted molar refractivity (Wildman–Crippen MR) is 150 cm³/mol. The summed E-state index contributed by atoms with van der Waals surface area (Å²) < 4.78 is 85.7. The lowest BCUT2D eigenvalue weighted by molar-refractivity contribution is -0.274. The molecular formula is C29H39F4N3O5S. The van der Waals surface area contributed by atoms with Crippen LogP contribution in [0, 0.1) is 17.7 Å². The highest BCUT2D eigenvalue weighted by Gasteiger charge is 2.32. The Hall–Kier alpha value is -2.74. The Morgan fingerprint density at radius 1 is 1.00 bits per heavy atom. The van der Waals surface area contributed by atoms with Gasteiger partial charge in [-0.25, -0.2) is 12.8 Å². The van der Waals surface area contributed by atoms with Gasteiger partial charge < -0.3 is 19.7 Å². The highest BCUT2D eigenvalue weighted by molar-refractivity contribution is 7.89. The molecule has 1 saturated carbocycles. The van der Waals surface area contributed by atoms with Crippen LogP contribution in [0.2, 0.25) is 0 Å². The second-order valence-electron chi connectivity index (χ2n) is 10.8. The molecule has 1 fully saturated rings. The van der Waals surface area contributed by atoms with Gasteiger partial charge in [0.15, 0.2) is 0 Å². The van der Waals surface area contributed by atoms with Crippen LogP contribution in [0.1, 0.15) is 43.7 Å². The van der Waals surface area contributed by atoms with Gasteiger partial charge in [-0.15, -0.1) is 13.2 Å². The molecule has 1 unspecified atom stereocenters. The minimum Gasteiger partial charge on any atom is -0.406 e. The number of carbonyl (C=O) groups is 1. The van der Waals surface area contributed by atoms with Gasteiger partial charge in [0.1, 0.15) is 18.2 Å². The molecule has 42 heavy (non-hydrogen) atoms. The van der Waals surface area contributed by atoms with E-state index in [0.29, 0.717) is 18.4 Å². The molecule has 3 rings (SSSR count). The van der Waals surface area contributed by atoms with E-state index in [1.807, 2.05) is 26.2 Å². The van der Waals surface area contributed by atoms with Crippen molar-refractivity contribution in [1.82, 2.24) is 14.5 Å². The number of nitrogens with zero attached hydrogens (tertiary/aromatic N) is 2. The lowest BCUT2D eigenvalue weighted by atomic mass is 9.75. The molecule has 0 bridgehead atoms. The number of hydrogen-bond acceptors (Lipinski definition) is 6. The van der Waals surface area contributed by atoms with Crippen molar-refractivity contribution in [3.63, 3.8) is 0 Å². The molecule has 1 amide bonds. The molecule has 8 nitrogen and oxygen atoms in total. The lowest BCUT2D eigenvalue weighted by Gasteiger charge is -2.37. The first-order valence-corrected chi connectivity index (χ1v) is 15.3. The van der Waals surface area contributed by atoms with Crippen molar-refractivity contribution < 1.29 is 40.2 Å². The maximum absolute atomic E-state index is 13.4. The molecule has 0 aromatic heterocycles. The SMILES string of the molecule is CN(C)C(c1ccc(F)cc1)C1CCC(CCNC(=O)COCCN(C)S(=O)(=O)c2ccc(OC(F)(F)F)cc2)CC1. The standard InChI is InChI=1S/C29H39F4N3O5S/c1-35(2)28(23-8-10-24(30)11-9-23)22-6-4-21(5-7-22)16-17-34-27(37)20-40-19-18-36(3)42(38,39)26-14-12-25(13-15-26)41-29(31,32)33/h8-15,21-22,28H,4-7,16-20H2,1-3H3,(H,34,37). The molecule has 1 aliphatic rings. The molecule has 13 heteroatoms. The zero-order valence-electron chi connectivity index (χ0n) is 24.1. The average molecular weight is 618 g/mol. The van der Waals surface area contributed by atoms with Crippen LogP contribution in [-0.2, 0) is 19.6 Å². The Bertz CT molecular complexity index is 1230. The Morgan fingerprint density at radius 3 is 2.19 bits per heavy atom. The molecule has 234 valence electrons. The number of likely N-dealkylation sites (N-methyl/N-ethyl adjacent to an activating group) is 1. The fraction of sp³-hybridized carbons (Fsp3) is 0.552. The van der Waals surface area contributed by atoms with E-state index < -0.39 is 22.1 Å². The van der Waals surface area contributed by atoms with Gasteiger partial charge in [-0.3, -0.25) is 4.79 Å². The first kappa shape index (κ1) is 33.8. The van der Waals surface area contributed by atoms with Gasteiger partial charge in [0.25, 0.3) is 0 Å². The van der Waals surface area contributed by atoms with Gasteiger partial charge in [-0.1, -0.05) is 25.0 Å². The van der Waals surface area contributed by atoms with Gasteiger partial charge in [0.05, 0.1) is 11.5 Å². The number of hydrogen-bond donors (Lipinski definition) is 1. The Morgan fingerprint density at radius 2 is 1.62 bits per heavy atom. The fourth-order valence-electron chi connectivity index (χ4n) is 5.38. The van der Waals surface area contributed by atoms with Crippen molar-refractivity contribution in [1.29, 1.82) is 0 Å². The second-order valence-corrected chi connectivity index (χ2v) is 12.8. The lowest BCUT2D eigenvalue weighted by Crippen LogP contribution is -2.34. The summed E-state index contributed by atoms with van der Waals surface area (Å²) in [4.78, 5) is 14.2. The van der Waals surface area contributed by atoms with Crippen molar-refractivity contribution in [2.45, 2.75) is 49.4 Å². The van der Waals surface area contributed by atoms with E-state index in [1.54, 1.807) is 0 Å². The molecule has 1 atom stereocenters. The first-order valence-electron chi connectivity index (χ1n) is 13.8. The molecule has 0 saturated heterocycles. The quantitative estimate of drug-likeness (QED) is 0.238. The number of benzene rings is 2. The summed E-state index contributed by atoms with van der Waals surface area (Å²) in [7, 11) is 1.45. The second kappa shape index (κ2) is 15.1. The molecule has 0 radical (unpaired) electrons. The maximum atomic E-state index is 13.4. The van der Waals surface area contributed by atoms with Crippen LogP contribution < -0.4 is 10.1 Å². The van der Waals surface area contributed by atoms with Gasteiger partial charge in [0, 0.05) is 26.2 Å². The number of sulfonamides is 1. The predicted octanol–water partition coefficient (Wildman–Crippen LogP) is 4.98. The number of rotatable bonds is 14. The summed E-state index contributed by atoms with van der Waals surface area (Å²) in [6, 6.07) is 10.9. The summed E-state index contributed by atoms with van der Waals surface area (Å²) in [5.41, 5.74) is 1.12. The molecular weight excluding hydrogens is 578 g/mol. The van der Waals surface area contributed by atoms with E-state index in [0.717, 1.165) is 66.2 Å². The molecule has 1 aliphatic carbocycles. The summed E-state index contributed by atoms with van der Waals surface area (Å²) in [5.74, 6) is -0.0661. The number of alkyl halides is 3. The number of amides is 1. The van der Waals surface area contributed by atoms with Gasteiger partial charge >= 0.3 is 6.36 Å². The van der Waals surface area contributed by atoms with E-state index in [-0.39, 0.29) is 42.4 Å². The third-order valence-corrected chi connectivity index (χ3v) is 9.40. The van der Waals surface area contributed by atoms with Crippen LogP contribution in [0.15, 0.2) is 53.4 Å². The fourth-order valence-corrected chi connectivity index (χ4v) is 6.54. The summed E-state index contributed by atoms with van der Waals surface area (Å²) >= 11 is 0. The van der Waals surface area contributed by atoms with Gasteiger partial charge in [0.2, 0.25) is 15.9 Å². The van der Waals surface area contributed by atoms with Crippen LogP contribution in [0.4, 0.5) is 17.6 Å². The van der Waals surface area contributed by atoms with Crippen molar-refractivity contribution in [2.24, 2.45) is 11.8 Å². The minimum atomic E-state index is -4.87. The molecule has 0 heterocycles. The molecule has 2 aromatic rings. The highest BCUT2D eigenvalue weighted by Crippen LogP contribution is 2.40. The monoisotopic (exact) mass is 617 g/mol. The Balaban J connectivity index is 1.32. The summed E-state index contributed by atoms with van der Waals surface area (Å²) in [6.07, 6.45) is 0.218. The molecule has 1 N–H and O–H groups in total. The normalized spacial score (nSPS) is 18.7. The third kappa shape index (κ3) is 10.2. The van der Waals surface area contributed by atoms with Crippen molar-refractivity contribution in [3.05, 3.63) is 59.9 Å². The Labute approximate surface area is 245 Å². The van der Waals surface area contributed by atoms with Crippen LogP contribution in [0.3, 0.4) is 0 Å². The van der Waals surface area contributed by atoms with E-state index in [9.17, 15) is 30.8 Å². The first-order chi connectivity index (χ1) is 19.8. The summed E-state index contributed by atoms with van der Waals surface area (Å²) in [5, 5.41) is 2.85. The van der Waals surface area contributed by atoms with Crippen molar-refractivity contribution >= 4 is 15.9 Å². The molecule has 0 aliphatic heterocycles. The third-order valence-electron chi connectivity index (χ3n) is 7.53. The van der Waals surface area contributed by atoms with Crippen LogP contribution in [0.25, 0.3) is 0 Å². The van der Waals surface area contributed by atoms with E-state index in [1.165, 1.54) is 19.2 Å². The van der Waals surface area contributed by atoms with Crippen LogP contribution >= 0.6 is 0 Å². The smallest absolute Gasteiger partial charge is 0.406 e. The molecule has 0 spiro atoms. The number of carbonyl (C=O) groups excluding carboxylic acids is 1. The number of ether oxygens (including phenoxy) is 2. The van der Waals surface area contributed by atoms with E-state index >= 15 is 0 Å². The average Bonchev–Trinajstić information content (AvgIpc) is 2.92. The summed E-state index contributed by atoms with van der Waals surface area (Å²) in [6.45, 7) is 0.219. The van der Waals surface area contributed by atoms with Crippen LogP contribution in [-0.4, -0.2) is 77.3 Å². The molecule has 2 aromatic carbocycles. The zero-order valence-corrected chi connectivity index (χ0v) is 24.9. The highest BCUT2D eigenvalue weighted by atomic mass is 32.2.